The van der Waals surface area contributed by atoms with E-state index < -0.39 is 0 Å². The summed E-state index contributed by atoms with van der Waals surface area (Å²) in [5, 5.41) is 0.429. The predicted octanol–water partition coefficient (Wildman–Crippen LogP) is 5.80. The largest absolute Gasteiger partial charge is 0.496 e. The molecule has 3 aromatic carbocycles. The summed E-state index contributed by atoms with van der Waals surface area (Å²) >= 11 is 3.35. The van der Waals surface area contributed by atoms with Gasteiger partial charge < -0.3 is 13.9 Å². The quantitative estimate of drug-likeness (QED) is 0.327. The predicted molar refractivity (Wildman–Crippen MR) is 123 cm³/mol. The lowest BCUT2D eigenvalue weighted by Crippen LogP contribution is -2.12. The molecular formula is C25H19BrO5. The Balaban J connectivity index is 1.64. The van der Waals surface area contributed by atoms with Crippen molar-refractivity contribution < 1.29 is 18.7 Å². The summed E-state index contributed by atoms with van der Waals surface area (Å²) in [6.45, 7) is 1.63. The van der Waals surface area contributed by atoms with E-state index in [0.29, 0.717) is 44.9 Å². The number of benzene rings is 3. The van der Waals surface area contributed by atoms with Gasteiger partial charge in [0.1, 0.15) is 22.8 Å². The average Bonchev–Trinajstić information content (AvgIpc) is 2.78. The molecule has 0 aliphatic heterocycles. The van der Waals surface area contributed by atoms with Gasteiger partial charge in [-0.05, 0) is 37.3 Å². The van der Waals surface area contributed by atoms with Crippen LogP contribution in [0.2, 0.25) is 0 Å². The van der Waals surface area contributed by atoms with Crippen molar-refractivity contribution in [3.63, 3.8) is 0 Å². The summed E-state index contributed by atoms with van der Waals surface area (Å²) in [5.41, 5.74) is 1.95. The van der Waals surface area contributed by atoms with Gasteiger partial charge in [-0.25, -0.2) is 0 Å². The molecule has 1 aromatic heterocycles. The molecule has 4 rings (SSSR count). The van der Waals surface area contributed by atoms with Crippen molar-refractivity contribution >= 4 is 32.7 Å². The maximum Gasteiger partial charge on any atom is 0.200 e. The molecule has 0 amide bonds. The zero-order valence-electron chi connectivity index (χ0n) is 17.0. The van der Waals surface area contributed by atoms with Crippen LogP contribution < -0.4 is 14.9 Å². The number of hydrogen-bond donors (Lipinski definition) is 0. The molecule has 0 bridgehead atoms. The van der Waals surface area contributed by atoms with E-state index in [1.807, 2.05) is 18.2 Å². The van der Waals surface area contributed by atoms with Crippen LogP contribution in [0.15, 0.2) is 80.4 Å². The summed E-state index contributed by atoms with van der Waals surface area (Å²) in [6, 6.07) is 19.3. The fourth-order valence-electron chi connectivity index (χ4n) is 3.41. The standard InChI is InChI=1S/C25H19BrO5/c1-15-24(19-5-3-4-6-22(19)29-2)25(28)20-12-11-18(13-23(20)31-15)30-14-21(27)16-7-9-17(26)10-8-16/h3-13H,14H2,1-2H3. The third-order valence-corrected chi connectivity index (χ3v) is 5.48. The fourth-order valence-corrected chi connectivity index (χ4v) is 3.67. The molecule has 5 nitrogen and oxygen atoms in total. The second-order valence-electron chi connectivity index (χ2n) is 6.94. The highest BCUT2D eigenvalue weighted by Gasteiger charge is 2.17. The van der Waals surface area contributed by atoms with E-state index >= 15 is 0 Å². The Kier molecular flexibility index (Phi) is 5.91. The lowest BCUT2D eigenvalue weighted by molar-refractivity contribution is 0.0921. The highest BCUT2D eigenvalue weighted by Crippen LogP contribution is 2.32. The normalized spacial score (nSPS) is 10.8. The lowest BCUT2D eigenvalue weighted by atomic mass is 10.0. The van der Waals surface area contributed by atoms with Crippen LogP contribution in [0.4, 0.5) is 0 Å². The van der Waals surface area contributed by atoms with Crippen molar-refractivity contribution in [3.8, 4) is 22.6 Å². The van der Waals surface area contributed by atoms with Gasteiger partial charge in [0, 0.05) is 21.7 Å². The van der Waals surface area contributed by atoms with Crippen LogP contribution in [0.25, 0.3) is 22.1 Å². The molecule has 0 unspecified atom stereocenters. The summed E-state index contributed by atoms with van der Waals surface area (Å²) in [4.78, 5) is 25.5. The molecule has 0 spiro atoms. The SMILES string of the molecule is COc1ccccc1-c1c(C)oc2cc(OCC(=O)c3ccc(Br)cc3)ccc2c1=O. The maximum absolute atomic E-state index is 13.2. The number of halogens is 1. The Labute approximate surface area is 187 Å². The summed E-state index contributed by atoms with van der Waals surface area (Å²) < 4.78 is 17.9. The van der Waals surface area contributed by atoms with E-state index in [9.17, 15) is 9.59 Å². The van der Waals surface area contributed by atoms with Gasteiger partial charge >= 0.3 is 0 Å². The molecule has 0 fully saturated rings. The second kappa shape index (κ2) is 8.78. The Morgan fingerprint density at radius 3 is 2.52 bits per heavy atom. The van der Waals surface area contributed by atoms with Gasteiger partial charge in [0.2, 0.25) is 5.43 Å². The molecule has 156 valence electrons. The molecule has 0 N–H and O–H groups in total. The molecule has 4 aromatic rings. The molecule has 6 heteroatoms. The maximum atomic E-state index is 13.2. The smallest absolute Gasteiger partial charge is 0.200 e. The molecule has 1 heterocycles. The molecule has 0 radical (unpaired) electrons. The van der Waals surface area contributed by atoms with Gasteiger partial charge in [-0.15, -0.1) is 0 Å². The van der Waals surface area contributed by atoms with Crippen molar-refractivity contribution in [2.24, 2.45) is 0 Å². The fraction of sp³-hybridized carbons (Fsp3) is 0.120. The number of rotatable bonds is 6. The summed E-state index contributed by atoms with van der Waals surface area (Å²) in [5.74, 6) is 1.39. The van der Waals surface area contributed by atoms with Crippen molar-refractivity contribution in [2.45, 2.75) is 6.92 Å². The van der Waals surface area contributed by atoms with E-state index in [2.05, 4.69) is 15.9 Å². The number of aryl methyl sites for hydroxylation is 1. The monoisotopic (exact) mass is 478 g/mol. The van der Waals surface area contributed by atoms with Crippen molar-refractivity contribution in [3.05, 3.63) is 92.7 Å². The van der Waals surface area contributed by atoms with E-state index in [1.165, 1.54) is 0 Å². The zero-order valence-corrected chi connectivity index (χ0v) is 18.6. The van der Waals surface area contributed by atoms with Crippen LogP contribution in [0, 0.1) is 6.92 Å². The number of fused-ring (bicyclic) bond motifs is 1. The number of para-hydroxylation sites is 1. The van der Waals surface area contributed by atoms with Crippen molar-refractivity contribution in [1.82, 2.24) is 0 Å². The molecule has 0 aliphatic carbocycles. The number of carbonyl (C=O) groups is 1. The lowest BCUT2D eigenvalue weighted by Gasteiger charge is -2.11. The van der Waals surface area contributed by atoms with Crippen LogP contribution >= 0.6 is 15.9 Å². The summed E-state index contributed by atoms with van der Waals surface area (Å²) in [7, 11) is 1.57. The van der Waals surface area contributed by atoms with Crippen LogP contribution in [0.5, 0.6) is 11.5 Å². The van der Waals surface area contributed by atoms with Crippen molar-refractivity contribution in [1.29, 1.82) is 0 Å². The van der Waals surface area contributed by atoms with Gasteiger partial charge in [0.05, 0.1) is 18.1 Å². The van der Waals surface area contributed by atoms with Crippen molar-refractivity contribution in [2.75, 3.05) is 13.7 Å². The van der Waals surface area contributed by atoms with Crippen LogP contribution in [0.1, 0.15) is 16.1 Å². The average molecular weight is 479 g/mol. The topological polar surface area (TPSA) is 65.7 Å². The molecule has 0 saturated heterocycles. The third kappa shape index (κ3) is 4.25. The second-order valence-corrected chi connectivity index (χ2v) is 7.86. The Morgan fingerprint density at radius 1 is 1.03 bits per heavy atom. The minimum absolute atomic E-state index is 0.115. The Morgan fingerprint density at radius 2 is 1.77 bits per heavy atom. The van der Waals surface area contributed by atoms with E-state index in [1.54, 1.807) is 62.6 Å². The zero-order chi connectivity index (χ0) is 22.0. The first kappa shape index (κ1) is 20.9. The number of Topliss-reactive ketones (excluding diaryl/α,β-unsaturated/α-hetero) is 1. The van der Waals surface area contributed by atoms with Gasteiger partial charge in [0.15, 0.2) is 12.4 Å². The first-order chi connectivity index (χ1) is 15.0. The van der Waals surface area contributed by atoms with Gasteiger partial charge in [-0.3, -0.25) is 9.59 Å². The number of ether oxygens (including phenoxy) is 2. The first-order valence-electron chi connectivity index (χ1n) is 9.60. The molecule has 0 atom stereocenters. The minimum atomic E-state index is -0.152. The van der Waals surface area contributed by atoms with E-state index in [0.717, 1.165) is 4.47 Å². The Hall–Kier alpha value is -3.38. The van der Waals surface area contributed by atoms with Crippen LogP contribution in [0.3, 0.4) is 0 Å². The van der Waals surface area contributed by atoms with Gasteiger partial charge in [-0.1, -0.05) is 46.3 Å². The Bertz CT molecular complexity index is 1320. The van der Waals surface area contributed by atoms with Crippen LogP contribution in [-0.4, -0.2) is 19.5 Å². The number of ketones is 1. The highest BCUT2D eigenvalue weighted by molar-refractivity contribution is 9.10. The molecular weight excluding hydrogens is 460 g/mol. The minimum Gasteiger partial charge on any atom is -0.496 e. The van der Waals surface area contributed by atoms with E-state index in [-0.39, 0.29) is 17.8 Å². The number of methoxy groups -OCH3 is 1. The third-order valence-electron chi connectivity index (χ3n) is 4.95. The van der Waals surface area contributed by atoms with Gasteiger partial charge in [0.25, 0.3) is 0 Å². The molecule has 31 heavy (non-hydrogen) atoms. The number of hydrogen-bond acceptors (Lipinski definition) is 5. The first-order valence-corrected chi connectivity index (χ1v) is 10.4. The highest BCUT2D eigenvalue weighted by atomic mass is 79.9. The number of carbonyl (C=O) groups excluding carboxylic acids is 1. The molecule has 0 aliphatic rings. The molecule has 0 saturated carbocycles. The van der Waals surface area contributed by atoms with E-state index in [4.69, 9.17) is 13.9 Å². The van der Waals surface area contributed by atoms with Gasteiger partial charge in [-0.2, -0.15) is 0 Å². The summed E-state index contributed by atoms with van der Waals surface area (Å²) in [6.07, 6.45) is 0. The van der Waals surface area contributed by atoms with Crippen LogP contribution in [-0.2, 0) is 0 Å².